The first kappa shape index (κ1) is 14.1. The summed E-state index contributed by atoms with van der Waals surface area (Å²) >= 11 is 1.55. The van der Waals surface area contributed by atoms with Crippen LogP contribution in [0.2, 0.25) is 0 Å². The fourth-order valence-corrected chi connectivity index (χ4v) is 1.97. The molecule has 0 fully saturated rings. The summed E-state index contributed by atoms with van der Waals surface area (Å²) in [6.07, 6.45) is 0. The van der Waals surface area contributed by atoms with Gasteiger partial charge in [-0.05, 0) is 23.6 Å². The molecule has 3 N–H and O–H groups in total. The van der Waals surface area contributed by atoms with E-state index in [1.54, 1.807) is 11.8 Å². The van der Waals surface area contributed by atoms with Gasteiger partial charge in [-0.1, -0.05) is 26.0 Å². The molecule has 4 heteroatoms. The fourth-order valence-electron chi connectivity index (χ4n) is 1.24. The third-order valence-electron chi connectivity index (χ3n) is 2.24. The highest BCUT2D eigenvalue weighted by molar-refractivity contribution is 8.00. The molecule has 0 aliphatic rings. The van der Waals surface area contributed by atoms with E-state index in [2.05, 4.69) is 19.2 Å². The highest BCUT2D eigenvalue weighted by Crippen LogP contribution is 2.17. The van der Waals surface area contributed by atoms with Gasteiger partial charge in [0.2, 0.25) is 5.91 Å². The second-order valence-electron chi connectivity index (χ2n) is 4.33. The number of hydrogen-bond donors (Lipinski definition) is 2. The van der Waals surface area contributed by atoms with E-state index in [0.717, 1.165) is 17.0 Å². The molecule has 0 saturated heterocycles. The van der Waals surface area contributed by atoms with E-state index in [1.165, 1.54) is 0 Å². The van der Waals surface area contributed by atoms with Crippen LogP contribution in [0.15, 0.2) is 29.2 Å². The molecule has 0 aromatic heterocycles. The Morgan fingerprint density at radius 1 is 1.35 bits per heavy atom. The molecule has 3 nitrogen and oxygen atoms in total. The molecule has 0 radical (unpaired) electrons. The SMILES string of the molecule is CC(C)CNC(=O)CSc1ccc(CN)cc1. The topological polar surface area (TPSA) is 55.1 Å². The Hall–Kier alpha value is -1.00. The molecule has 17 heavy (non-hydrogen) atoms. The van der Waals surface area contributed by atoms with Crippen LogP contribution in [0.1, 0.15) is 19.4 Å². The van der Waals surface area contributed by atoms with E-state index in [9.17, 15) is 4.79 Å². The molecular weight excluding hydrogens is 232 g/mol. The van der Waals surface area contributed by atoms with Crippen LogP contribution in [0.25, 0.3) is 0 Å². The third-order valence-corrected chi connectivity index (χ3v) is 3.25. The molecule has 94 valence electrons. The van der Waals surface area contributed by atoms with Gasteiger partial charge in [0.1, 0.15) is 0 Å². The van der Waals surface area contributed by atoms with Crippen molar-refractivity contribution in [2.24, 2.45) is 11.7 Å². The van der Waals surface area contributed by atoms with Gasteiger partial charge in [0.05, 0.1) is 5.75 Å². The summed E-state index contributed by atoms with van der Waals surface area (Å²) in [5.74, 6) is 1.05. The lowest BCUT2D eigenvalue weighted by Crippen LogP contribution is -2.28. The van der Waals surface area contributed by atoms with Crippen LogP contribution < -0.4 is 11.1 Å². The Balaban J connectivity index is 2.31. The maximum absolute atomic E-state index is 11.5. The summed E-state index contributed by atoms with van der Waals surface area (Å²) in [5, 5.41) is 2.90. The Morgan fingerprint density at radius 3 is 2.53 bits per heavy atom. The summed E-state index contributed by atoms with van der Waals surface area (Å²) in [6.45, 7) is 5.46. The largest absolute Gasteiger partial charge is 0.355 e. The molecule has 1 rings (SSSR count). The Bertz CT molecular complexity index is 349. The quantitative estimate of drug-likeness (QED) is 0.762. The first-order chi connectivity index (χ1) is 8.11. The molecule has 0 heterocycles. The smallest absolute Gasteiger partial charge is 0.230 e. The van der Waals surface area contributed by atoms with Crippen LogP contribution in [0, 0.1) is 5.92 Å². The second-order valence-corrected chi connectivity index (χ2v) is 5.38. The summed E-state index contributed by atoms with van der Waals surface area (Å²) in [6, 6.07) is 7.99. The van der Waals surface area contributed by atoms with E-state index in [-0.39, 0.29) is 5.91 Å². The predicted molar refractivity (Wildman–Crippen MR) is 72.9 cm³/mol. The monoisotopic (exact) mass is 252 g/mol. The highest BCUT2D eigenvalue weighted by Gasteiger charge is 2.03. The van der Waals surface area contributed by atoms with Gasteiger partial charge in [-0.25, -0.2) is 0 Å². The average molecular weight is 252 g/mol. The van der Waals surface area contributed by atoms with Crippen LogP contribution in [0.3, 0.4) is 0 Å². The van der Waals surface area contributed by atoms with E-state index in [1.807, 2.05) is 24.3 Å². The molecule has 1 aromatic rings. The first-order valence-corrected chi connectivity index (χ1v) is 6.79. The molecular formula is C13H20N2OS. The van der Waals surface area contributed by atoms with Crippen LogP contribution in [0.5, 0.6) is 0 Å². The minimum absolute atomic E-state index is 0.0894. The Labute approximate surface area is 107 Å². The number of carbonyl (C=O) groups is 1. The predicted octanol–water partition coefficient (Wildman–Crippen LogP) is 2.01. The summed E-state index contributed by atoms with van der Waals surface area (Å²) in [7, 11) is 0. The summed E-state index contributed by atoms with van der Waals surface area (Å²) < 4.78 is 0. The van der Waals surface area contributed by atoms with E-state index < -0.39 is 0 Å². The molecule has 0 saturated carbocycles. The lowest BCUT2D eigenvalue weighted by molar-refractivity contribution is -0.118. The van der Waals surface area contributed by atoms with Crippen LogP contribution >= 0.6 is 11.8 Å². The molecule has 0 spiro atoms. The number of rotatable bonds is 6. The normalized spacial score (nSPS) is 10.6. The maximum atomic E-state index is 11.5. The molecule has 0 aliphatic carbocycles. The van der Waals surface area contributed by atoms with Gasteiger partial charge in [0.25, 0.3) is 0 Å². The van der Waals surface area contributed by atoms with Crippen molar-refractivity contribution in [3.63, 3.8) is 0 Å². The fraction of sp³-hybridized carbons (Fsp3) is 0.462. The van der Waals surface area contributed by atoms with Crippen LogP contribution in [-0.2, 0) is 11.3 Å². The molecule has 0 atom stereocenters. The zero-order valence-corrected chi connectivity index (χ0v) is 11.2. The van der Waals surface area contributed by atoms with Gasteiger partial charge in [-0.15, -0.1) is 11.8 Å². The van der Waals surface area contributed by atoms with Gasteiger partial charge in [0.15, 0.2) is 0 Å². The van der Waals surface area contributed by atoms with Crippen molar-refractivity contribution in [3.05, 3.63) is 29.8 Å². The first-order valence-electron chi connectivity index (χ1n) is 5.80. The van der Waals surface area contributed by atoms with Gasteiger partial charge < -0.3 is 11.1 Å². The van der Waals surface area contributed by atoms with Crippen LogP contribution in [0.4, 0.5) is 0 Å². The number of thioether (sulfide) groups is 1. The zero-order valence-electron chi connectivity index (χ0n) is 10.4. The average Bonchev–Trinajstić information content (AvgIpc) is 2.34. The van der Waals surface area contributed by atoms with E-state index in [4.69, 9.17) is 5.73 Å². The minimum atomic E-state index is 0.0894. The standard InChI is InChI=1S/C13H20N2OS/c1-10(2)8-15-13(16)9-17-12-5-3-11(7-14)4-6-12/h3-6,10H,7-9,14H2,1-2H3,(H,15,16). The third kappa shape index (κ3) is 5.75. The van der Waals surface area contributed by atoms with Crippen molar-refractivity contribution in [2.45, 2.75) is 25.3 Å². The lowest BCUT2D eigenvalue weighted by atomic mass is 10.2. The van der Waals surface area contributed by atoms with Crippen molar-refractivity contribution >= 4 is 17.7 Å². The van der Waals surface area contributed by atoms with Gasteiger partial charge >= 0.3 is 0 Å². The molecule has 0 unspecified atom stereocenters. The molecule has 1 amide bonds. The molecule has 0 bridgehead atoms. The highest BCUT2D eigenvalue weighted by atomic mass is 32.2. The summed E-state index contributed by atoms with van der Waals surface area (Å²) in [5.41, 5.74) is 6.63. The number of amides is 1. The molecule has 0 aliphatic heterocycles. The van der Waals surface area contributed by atoms with Crippen molar-refractivity contribution < 1.29 is 4.79 Å². The minimum Gasteiger partial charge on any atom is -0.355 e. The van der Waals surface area contributed by atoms with Gasteiger partial charge in [-0.3, -0.25) is 4.79 Å². The van der Waals surface area contributed by atoms with E-state index >= 15 is 0 Å². The summed E-state index contributed by atoms with van der Waals surface area (Å²) in [4.78, 5) is 12.6. The zero-order chi connectivity index (χ0) is 12.7. The Morgan fingerprint density at radius 2 is 2.00 bits per heavy atom. The van der Waals surface area contributed by atoms with Crippen molar-refractivity contribution in [1.29, 1.82) is 0 Å². The Kier molecular flexibility index (Phi) is 6.08. The molecule has 1 aromatic carbocycles. The van der Waals surface area contributed by atoms with Gasteiger partial charge in [-0.2, -0.15) is 0 Å². The van der Waals surface area contributed by atoms with E-state index in [0.29, 0.717) is 18.2 Å². The number of nitrogens with two attached hydrogens (primary N) is 1. The van der Waals surface area contributed by atoms with Crippen molar-refractivity contribution in [1.82, 2.24) is 5.32 Å². The maximum Gasteiger partial charge on any atom is 0.230 e. The second kappa shape index (κ2) is 7.35. The van der Waals surface area contributed by atoms with Crippen molar-refractivity contribution in [2.75, 3.05) is 12.3 Å². The van der Waals surface area contributed by atoms with Crippen LogP contribution in [-0.4, -0.2) is 18.2 Å². The van der Waals surface area contributed by atoms with Gasteiger partial charge in [0, 0.05) is 18.0 Å². The lowest BCUT2D eigenvalue weighted by Gasteiger charge is -2.07. The number of hydrogen-bond acceptors (Lipinski definition) is 3. The number of nitrogens with one attached hydrogen (secondary N) is 1. The van der Waals surface area contributed by atoms with Crippen molar-refractivity contribution in [3.8, 4) is 0 Å². The number of benzene rings is 1. The number of carbonyl (C=O) groups excluding carboxylic acids is 1.